The lowest BCUT2D eigenvalue weighted by Gasteiger charge is -2.32. The normalized spacial score (nSPS) is 15.0. The summed E-state index contributed by atoms with van der Waals surface area (Å²) in [6.45, 7) is 5.33. The highest BCUT2D eigenvalue weighted by atomic mass is 15.1. The summed E-state index contributed by atoms with van der Waals surface area (Å²) in [6.07, 6.45) is 8.62. The van der Waals surface area contributed by atoms with E-state index in [1.807, 2.05) is 0 Å². The monoisotopic (exact) mass is 840 g/mol. The molecule has 310 valence electrons. The Morgan fingerprint density at radius 3 is 1.53 bits per heavy atom. The fraction of sp³-hybridized carbons (Fsp3) is 0.0312. The maximum atomic E-state index is 4.60. The van der Waals surface area contributed by atoms with Gasteiger partial charge in [-0.25, -0.2) is 0 Å². The van der Waals surface area contributed by atoms with Crippen LogP contribution in [0.5, 0.6) is 0 Å². The molecule has 2 nitrogen and oxygen atoms in total. The first kappa shape index (κ1) is 38.0. The molecule has 0 amide bonds. The van der Waals surface area contributed by atoms with Crippen LogP contribution in [0.3, 0.4) is 0 Å². The van der Waals surface area contributed by atoms with Crippen LogP contribution in [0.15, 0.2) is 249 Å². The van der Waals surface area contributed by atoms with Crippen molar-refractivity contribution in [2.75, 3.05) is 16.3 Å². The number of allylic oxidation sites excluding steroid dienone is 4. The lowest BCUT2D eigenvalue weighted by Crippen LogP contribution is -2.26. The molecule has 0 bridgehead atoms. The maximum absolute atomic E-state index is 4.60. The van der Waals surface area contributed by atoms with Crippen LogP contribution in [0.25, 0.3) is 60.5 Å². The average Bonchev–Trinajstić information content (AvgIpc) is 3.87. The molecule has 1 heterocycles. The van der Waals surface area contributed by atoms with Gasteiger partial charge in [-0.3, -0.25) is 0 Å². The van der Waals surface area contributed by atoms with Crippen LogP contribution >= 0.6 is 0 Å². The second kappa shape index (κ2) is 15.1. The SMILES string of the molecule is C=C1/C=C\C=C/CN(c2ccc(-c3ccc(N(c4ccccc4)c4ccc5c(c4)C4(c6ccccc6-c6ccccc64)c4ccccc4-5)cc3)cc2)c2c1c1ccccc1c1ccccc21. The molecule has 0 saturated carbocycles. The summed E-state index contributed by atoms with van der Waals surface area (Å²) in [5, 5.41) is 4.93. The predicted molar refractivity (Wildman–Crippen MR) is 279 cm³/mol. The van der Waals surface area contributed by atoms with Crippen molar-refractivity contribution in [2.24, 2.45) is 0 Å². The average molecular weight is 841 g/mol. The van der Waals surface area contributed by atoms with Crippen LogP contribution in [-0.2, 0) is 5.41 Å². The Kier molecular flexibility index (Phi) is 8.69. The zero-order valence-electron chi connectivity index (χ0n) is 36.4. The van der Waals surface area contributed by atoms with Gasteiger partial charge >= 0.3 is 0 Å². The summed E-state index contributed by atoms with van der Waals surface area (Å²) in [6, 6.07) is 80.7. The molecule has 0 radical (unpaired) electrons. The van der Waals surface area contributed by atoms with E-state index < -0.39 is 5.41 Å². The van der Waals surface area contributed by atoms with Gasteiger partial charge < -0.3 is 9.80 Å². The molecule has 1 aliphatic heterocycles. The van der Waals surface area contributed by atoms with Gasteiger partial charge in [-0.05, 0) is 126 Å². The number of rotatable bonds is 5. The molecule has 66 heavy (non-hydrogen) atoms. The lowest BCUT2D eigenvalue weighted by molar-refractivity contribution is 0.793. The molecule has 0 unspecified atom stereocenters. The summed E-state index contributed by atoms with van der Waals surface area (Å²) in [7, 11) is 0. The molecule has 2 aliphatic carbocycles. The molecule has 10 aromatic rings. The molecule has 0 saturated heterocycles. The molecular formula is C64H44N2. The minimum absolute atomic E-state index is 0.413. The van der Waals surface area contributed by atoms with Gasteiger partial charge in [0, 0.05) is 40.2 Å². The second-order valence-electron chi connectivity index (χ2n) is 17.6. The summed E-state index contributed by atoms with van der Waals surface area (Å²) < 4.78 is 0. The summed E-state index contributed by atoms with van der Waals surface area (Å²) in [4.78, 5) is 4.86. The minimum Gasteiger partial charge on any atom is -0.337 e. The zero-order chi connectivity index (χ0) is 43.8. The van der Waals surface area contributed by atoms with E-state index in [0.717, 1.165) is 34.9 Å². The standard InChI is InChI=1S/C64H44N2/c1-43-18-4-3-17-41-65(63-57-27-10-8-22-51(57)50-21-7-9-26-56(50)62(43)63)46-35-31-44(32-36-46)45-33-37-48(38-34-45)66(47-19-5-2-6-20-47)49-39-40-55-54-25-13-16-30-60(54)64(61(55)42-49)58-28-14-11-23-52(58)53-24-12-15-29-59(53)64/h2-40,42H,1,41H2/b17-3-,18-4-. The number of para-hydroxylation sites is 1. The number of nitrogens with zero attached hydrogens (tertiary/aromatic N) is 2. The van der Waals surface area contributed by atoms with Gasteiger partial charge in [0.15, 0.2) is 0 Å². The fourth-order valence-corrected chi connectivity index (χ4v) is 11.4. The van der Waals surface area contributed by atoms with E-state index in [4.69, 9.17) is 0 Å². The van der Waals surface area contributed by atoms with E-state index in [1.165, 1.54) is 88.4 Å². The molecular weight excluding hydrogens is 797 g/mol. The second-order valence-corrected chi connectivity index (χ2v) is 17.6. The highest BCUT2D eigenvalue weighted by molar-refractivity contribution is 6.19. The van der Waals surface area contributed by atoms with E-state index in [0.29, 0.717) is 0 Å². The minimum atomic E-state index is -0.413. The van der Waals surface area contributed by atoms with Crippen molar-refractivity contribution >= 4 is 55.6 Å². The number of fused-ring (bicyclic) bond motifs is 16. The largest absolute Gasteiger partial charge is 0.337 e. The van der Waals surface area contributed by atoms with Crippen molar-refractivity contribution in [3.8, 4) is 33.4 Å². The fourth-order valence-electron chi connectivity index (χ4n) is 11.4. The van der Waals surface area contributed by atoms with Gasteiger partial charge in [0.05, 0.1) is 11.1 Å². The Morgan fingerprint density at radius 2 is 0.894 bits per heavy atom. The molecule has 0 fully saturated rings. The van der Waals surface area contributed by atoms with Gasteiger partial charge in [0.1, 0.15) is 0 Å². The molecule has 0 N–H and O–H groups in total. The van der Waals surface area contributed by atoms with Crippen LogP contribution in [0.1, 0.15) is 27.8 Å². The van der Waals surface area contributed by atoms with Gasteiger partial charge in [0.25, 0.3) is 0 Å². The lowest BCUT2D eigenvalue weighted by atomic mass is 9.70. The molecule has 3 aliphatic rings. The van der Waals surface area contributed by atoms with Gasteiger partial charge in [-0.2, -0.15) is 0 Å². The van der Waals surface area contributed by atoms with Crippen molar-refractivity contribution in [1.82, 2.24) is 0 Å². The Labute approximate surface area is 386 Å². The Bertz CT molecular complexity index is 3570. The summed E-state index contributed by atoms with van der Waals surface area (Å²) >= 11 is 0. The van der Waals surface area contributed by atoms with Crippen LogP contribution in [0.4, 0.5) is 28.4 Å². The van der Waals surface area contributed by atoms with E-state index >= 15 is 0 Å². The maximum Gasteiger partial charge on any atom is 0.0726 e. The van der Waals surface area contributed by atoms with Gasteiger partial charge in [-0.15, -0.1) is 0 Å². The molecule has 2 heteroatoms. The number of anilines is 5. The van der Waals surface area contributed by atoms with E-state index in [2.05, 4.69) is 259 Å². The Morgan fingerprint density at radius 1 is 0.409 bits per heavy atom. The van der Waals surface area contributed by atoms with Crippen molar-refractivity contribution in [3.63, 3.8) is 0 Å². The molecule has 1 spiro atoms. The first-order chi connectivity index (χ1) is 32.7. The predicted octanol–water partition coefficient (Wildman–Crippen LogP) is 16.8. The molecule has 0 atom stereocenters. The van der Waals surface area contributed by atoms with E-state index in [-0.39, 0.29) is 0 Å². The quantitative estimate of drug-likeness (QED) is 0.159. The zero-order valence-corrected chi connectivity index (χ0v) is 36.4. The number of hydrogen-bond acceptors (Lipinski definition) is 2. The van der Waals surface area contributed by atoms with Crippen LogP contribution in [-0.4, -0.2) is 6.54 Å². The van der Waals surface area contributed by atoms with Crippen molar-refractivity contribution in [3.05, 3.63) is 277 Å². The molecule has 13 rings (SSSR count). The van der Waals surface area contributed by atoms with Crippen LogP contribution in [0, 0.1) is 0 Å². The smallest absolute Gasteiger partial charge is 0.0726 e. The highest BCUT2D eigenvalue weighted by Crippen LogP contribution is 2.63. The number of hydrogen-bond donors (Lipinski definition) is 0. The van der Waals surface area contributed by atoms with Crippen molar-refractivity contribution < 1.29 is 0 Å². The van der Waals surface area contributed by atoms with Crippen LogP contribution in [0.2, 0.25) is 0 Å². The molecule has 10 aromatic carbocycles. The van der Waals surface area contributed by atoms with E-state index in [9.17, 15) is 0 Å². The van der Waals surface area contributed by atoms with Gasteiger partial charge in [0.2, 0.25) is 0 Å². The van der Waals surface area contributed by atoms with Crippen molar-refractivity contribution in [2.45, 2.75) is 5.41 Å². The van der Waals surface area contributed by atoms with E-state index in [1.54, 1.807) is 0 Å². The summed E-state index contributed by atoms with van der Waals surface area (Å²) in [5.74, 6) is 0. The number of benzene rings is 10. The third-order valence-electron chi connectivity index (χ3n) is 14.2. The Balaban J connectivity index is 0.897. The van der Waals surface area contributed by atoms with Gasteiger partial charge in [-0.1, -0.05) is 201 Å². The topological polar surface area (TPSA) is 6.48 Å². The highest BCUT2D eigenvalue weighted by Gasteiger charge is 2.51. The van der Waals surface area contributed by atoms with Crippen LogP contribution < -0.4 is 9.80 Å². The van der Waals surface area contributed by atoms with Crippen molar-refractivity contribution in [1.29, 1.82) is 0 Å². The Hall–Kier alpha value is -8.46. The first-order valence-corrected chi connectivity index (χ1v) is 22.9. The first-order valence-electron chi connectivity index (χ1n) is 22.9. The third kappa shape index (κ3) is 5.61. The molecule has 0 aromatic heterocycles. The third-order valence-corrected chi connectivity index (χ3v) is 14.2. The summed E-state index contributed by atoms with van der Waals surface area (Å²) in [5.41, 5.74) is 20.4.